The summed E-state index contributed by atoms with van der Waals surface area (Å²) < 4.78 is 5.00. The molecule has 0 fully saturated rings. The molecule has 0 aliphatic heterocycles. The van der Waals surface area contributed by atoms with Crippen molar-refractivity contribution < 1.29 is 24.5 Å². The van der Waals surface area contributed by atoms with E-state index in [1.54, 1.807) is 0 Å². The van der Waals surface area contributed by atoms with E-state index in [4.69, 9.17) is 14.9 Å². The third-order valence-electron chi connectivity index (χ3n) is 1.75. The maximum absolute atomic E-state index is 10.4. The largest absolute Gasteiger partial charge is 0.497 e. The van der Waals surface area contributed by atoms with Crippen molar-refractivity contribution in [3.63, 3.8) is 0 Å². The molecule has 5 heteroatoms. The van der Waals surface area contributed by atoms with Gasteiger partial charge in [0, 0.05) is 0 Å². The van der Waals surface area contributed by atoms with E-state index in [-0.39, 0.29) is 6.10 Å². The Balaban J connectivity index is 4.44. The molecule has 0 aliphatic carbocycles. The van der Waals surface area contributed by atoms with Gasteiger partial charge in [-0.2, -0.15) is 0 Å². The first-order chi connectivity index (χ1) is 6.52. The van der Waals surface area contributed by atoms with Crippen LogP contribution in [0.25, 0.3) is 0 Å². The second kappa shape index (κ2) is 6.01. The average molecular weight is 202 g/mol. The summed E-state index contributed by atoms with van der Waals surface area (Å²) in [5, 5.41) is 16.9. The van der Waals surface area contributed by atoms with Crippen LogP contribution in [0.4, 0.5) is 0 Å². The van der Waals surface area contributed by atoms with E-state index in [2.05, 4.69) is 0 Å². The van der Waals surface area contributed by atoms with Crippen LogP contribution in [0, 0.1) is 0 Å². The van der Waals surface area contributed by atoms with E-state index in [1.807, 2.05) is 13.8 Å². The molecule has 0 aromatic heterocycles. The molecule has 0 heterocycles. The van der Waals surface area contributed by atoms with Crippen LogP contribution in [-0.4, -0.2) is 28.3 Å². The summed E-state index contributed by atoms with van der Waals surface area (Å²) >= 11 is 0. The summed E-state index contributed by atoms with van der Waals surface area (Å²) in [7, 11) is 0. The lowest BCUT2D eigenvalue weighted by molar-refractivity contribution is -0.140. The Labute approximate surface area is 82.0 Å². The molecule has 0 spiro atoms. The molecular formula is C9H14O5. The Morgan fingerprint density at radius 3 is 1.93 bits per heavy atom. The van der Waals surface area contributed by atoms with Crippen LogP contribution in [-0.2, 0) is 14.3 Å². The molecular weight excluding hydrogens is 188 g/mol. The standard InChI is InChI=1S/C9H14O5/c1-3-6(4-2)14-5-7(8(10)11)9(12)13/h5-6H,3-4H2,1-2H3,(H,10,11)(H,12,13). The highest BCUT2D eigenvalue weighted by Gasteiger charge is 2.17. The van der Waals surface area contributed by atoms with Crippen molar-refractivity contribution in [2.75, 3.05) is 0 Å². The fraction of sp³-hybridized carbons (Fsp3) is 0.556. The number of hydrogen-bond acceptors (Lipinski definition) is 3. The highest BCUT2D eigenvalue weighted by molar-refractivity contribution is 6.12. The van der Waals surface area contributed by atoms with E-state index in [1.165, 1.54) is 0 Å². The molecule has 80 valence electrons. The quantitative estimate of drug-likeness (QED) is 0.293. The van der Waals surface area contributed by atoms with Gasteiger partial charge in [0.1, 0.15) is 6.26 Å². The SMILES string of the molecule is CCC(CC)OC=C(C(=O)O)C(=O)O. The minimum Gasteiger partial charge on any atom is -0.497 e. The van der Waals surface area contributed by atoms with Gasteiger partial charge in [-0.05, 0) is 12.8 Å². The number of aliphatic carboxylic acids is 2. The Morgan fingerprint density at radius 1 is 1.21 bits per heavy atom. The Hall–Kier alpha value is -1.52. The number of carboxylic acid groups (broad SMARTS) is 2. The van der Waals surface area contributed by atoms with Crippen LogP contribution in [0.1, 0.15) is 26.7 Å². The predicted molar refractivity (Wildman–Crippen MR) is 48.8 cm³/mol. The molecule has 0 bridgehead atoms. The average Bonchev–Trinajstić information content (AvgIpc) is 2.11. The van der Waals surface area contributed by atoms with E-state index in [9.17, 15) is 9.59 Å². The molecule has 0 saturated heterocycles. The Morgan fingerprint density at radius 2 is 1.64 bits per heavy atom. The maximum Gasteiger partial charge on any atom is 0.346 e. The normalized spacial score (nSPS) is 9.64. The third-order valence-corrected chi connectivity index (χ3v) is 1.75. The second-order valence-electron chi connectivity index (χ2n) is 2.72. The van der Waals surface area contributed by atoms with Gasteiger partial charge in [0.15, 0.2) is 5.57 Å². The molecule has 0 aromatic carbocycles. The molecule has 2 N–H and O–H groups in total. The van der Waals surface area contributed by atoms with Crippen molar-refractivity contribution in [3.05, 3.63) is 11.8 Å². The molecule has 0 rings (SSSR count). The van der Waals surface area contributed by atoms with Crippen molar-refractivity contribution in [2.45, 2.75) is 32.8 Å². The smallest absolute Gasteiger partial charge is 0.346 e. The fourth-order valence-electron chi connectivity index (χ4n) is 0.838. The first kappa shape index (κ1) is 12.5. The monoisotopic (exact) mass is 202 g/mol. The molecule has 0 aliphatic rings. The van der Waals surface area contributed by atoms with Crippen molar-refractivity contribution in [2.24, 2.45) is 0 Å². The summed E-state index contributed by atoms with van der Waals surface area (Å²) in [6.07, 6.45) is 2.07. The summed E-state index contributed by atoms with van der Waals surface area (Å²) in [4.78, 5) is 20.8. The van der Waals surface area contributed by atoms with Gasteiger partial charge in [0.05, 0.1) is 6.10 Å². The van der Waals surface area contributed by atoms with Crippen molar-refractivity contribution >= 4 is 11.9 Å². The van der Waals surface area contributed by atoms with Gasteiger partial charge in [0.25, 0.3) is 0 Å². The first-order valence-corrected chi connectivity index (χ1v) is 4.35. The van der Waals surface area contributed by atoms with E-state index >= 15 is 0 Å². The zero-order chi connectivity index (χ0) is 11.1. The van der Waals surface area contributed by atoms with E-state index < -0.39 is 17.5 Å². The van der Waals surface area contributed by atoms with Gasteiger partial charge >= 0.3 is 11.9 Å². The van der Waals surface area contributed by atoms with Crippen LogP contribution >= 0.6 is 0 Å². The minimum absolute atomic E-state index is 0.135. The summed E-state index contributed by atoms with van der Waals surface area (Å²) in [5.74, 6) is -2.99. The van der Waals surface area contributed by atoms with E-state index in [0.29, 0.717) is 12.8 Å². The van der Waals surface area contributed by atoms with Gasteiger partial charge < -0.3 is 14.9 Å². The number of hydrogen-bond donors (Lipinski definition) is 2. The van der Waals surface area contributed by atoms with Crippen LogP contribution in [0.5, 0.6) is 0 Å². The summed E-state index contributed by atoms with van der Waals surface area (Å²) in [5.41, 5.74) is -0.753. The predicted octanol–water partition coefficient (Wildman–Crippen LogP) is 1.24. The van der Waals surface area contributed by atoms with Crippen molar-refractivity contribution in [3.8, 4) is 0 Å². The van der Waals surface area contributed by atoms with E-state index in [0.717, 1.165) is 6.26 Å². The lowest BCUT2D eigenvalue weighted by Crippen LogP contribution is -2.14. The number of carboxylic acids is 2. The number of rotatable bonds is 6. The molecule has 14 heavy (non-hydrogen) atoms. The van der Waals surface area contributed by atoms with Gasteiger partial charge in [-0.3, -0.25) is 0 Å². The number of ether oxygens (including phenoxy) is 1. The fourth-order valence-corrected chi connectivity index (χ4v) is 0.838. The molecule has 0 unspecified atom stereocenters. The molecule has 0 saturated carbocycles. The highest BCUT2D eigenvalue weighted by atomic mass is 16.5. The van der Waals surface area contributed by atoms with Crippen LogP contribution in [0.3, 0.4) is 0 Å². The minimum atomic E-state index is -1.50. The molecule has 5 nitrogen and oxygen atoms in total. The Kier molecular flexibility index (Phi) is 5.36. The van der Waals surface area contributed by atoms with Gasteiger partial charge in [-0.15, -0.1) is 0 Å². The van der Waals surface area contributed by atoms with Crippen LogP contribution < -0.4 is 0 Å². The first-order valence-electron chi connectivity index (χ1n) is 4.35. The second-order valence-corrected chi connectivity index (χ2v) is 2.72. The highest BCUT2D eigenvalue weighted by Crippen LogP contribution is 2.05. The van der Waals surface area contributed by atoms with Crippen molar-refractivity contribution in [1.82, 2.24) is 0 Å². The summed E-state index contributed by atoms with van der Waals surface area (Å²) in [6, 6.07) is 0. The zero-order valence-corrected chi connectivity index (χ0v) is 8.19. The molecule has 0 atom stereocenters. The molecule has 0 aromatic rings. The third kappa shape index (κ3) is 3.93. The molecule has 0 radical (unpaired) electrons. The van der Waals surface area contributed by atoms with Crippen LogP contribution in [0.2, 0.25) is 0 Å². The lowest BCUT2D eigenvalue weighted by Gasteiger charge is -2.11. The topological polar surface area (TPSA) is 83.8 Å². The maximum atomic E-state index is 10.4. The van der Waals surface area contributed by atoms with Gasteiger partial charge in [-0.25, -0.2) is 9.59 Å². The molecule has 0 amide bonds. The van der Waals surface area contributed by atoms with Gasteiger partial charge in [0.2, 0.25) is 0 Å². The van der Waals surface area contributed by atoms with Gasteiger partial charge in [-0.1, -0.05) is 13.8 Å². The number of carbonyl (C=O) groups is 2. The summed E-state index contributed by atoms with van der Waals surface area (Å²) in [6.45, 7) is 3.76. The lowest BCUT2D eigenvalue weighted by atomic mass is 10.2. The Bertz CT molecular complexity index is 224. The zero-order valence-electron chi connectivity index (χ0n) is 8.19. The van der Waals surface area contributed by atoms with Crippen molar-refractivity contribution in [1.29, 1.82) is 0 Å². The van der Waals surface area contributed by atoms with Crippen LogP contribution in [0.15, 0.2) is 11.8 Å².